The van der Waals surface area contributed by atoms with Gasteiger partial charge in [0, 0.05) is 26.2 Å². The van der Waals surface area contributed by atoms with Crippen LogP contribution >= 0.6 is 0 Å². The molecule has 1 aromatic heterocycles. The molecule has 2 atom stereocenters. The molecular weight excluding hydrogens is 242 g/mol. The van der Waals surface area contributed by atoms with Crippen molar-refractivity contribution in [3.63, 3.8) is 0 Å². The molecule has 0 saturated carbocycles. The molecule has 2 rings (SSSR count). The topological polar surface area (TPSA) is 84.1 Å². The Bertz CT molecular complexity index is 433. The molecule has 6 heteroatoms. The molecule has 0 radical (unpaired) electrons. The number of hydrogen-bond acceptors (Lipinski definition) is 5. The van der Waals surface area contributed by atoms with Gasteiger partial charge < -0.3 is 16.0 Å². The average molecular weight is 263 g/mol. The van der Waals surface area contributed by atoms with Crippen LogP contribution in [0.4, 0.5) is 5.82 Å². The minimum Gasteiger partial charge on any atom is -0.354 e. The van der Waals surface area contributed by atoms with E-state index in [1.165, 1.54) is 0 Å². The van der Waals surface area contributed by atoms with Crippen LogP contribution in [0.3, 0.4) is 0 Å². The normalized spacial score (nSPS) is 23.2. The average Bonchev–Trinajstić information content (AvgIpc) is 2.46. The maximum Gasteiger partial charge on any atom is 0.271 e. The molecule has 2 unspecified atom stereocenters. The van der Waals surface area contributed by atoms with Gasteiger partial charge in [-0.3, -0.25) is 4.79 Å². The number of nitrogens with one attached hydrogen (secondary N) is 1. The molecule has 6 nitrogen and oxygen atoms in total. The fraction of sp³-hybridized carbons (Fsp3) is 0.615. The van der Waals surface area contributed by atoms with Crippen molar-refractivity contribution in [1.29, 1.82) is 0 Å². The van der Waals surface area contributed by atoms with E-state index < -0.39 is 0 Å². The predicted octanol–water partition coefficient (Wildman–Crippen LogP) is 0.400. The molecule has 1 amide bonds. The van der Waals surface area contributed by atoms with Crippen LogP contribution < -0.4 is 16.0 Å². The highest BCUT2D eigenvalue weighted by Gasteiger charge is 2.26. The highest BCUT2D eigenvalue weighted by atomic mass is 16.1. The molecule has 1 aliphatic rings. The minimum absolute atomic E-state index is 0.221. The van der Waals surface area contributed by atoms with Crippen molar-refractivity contribution in [1.82, 2.24) is 15.5 Å². The van der Waals surface area contributed by atoms with Crippen LogP contribution in [0.25, 0.3) is 0 Å². The van der Waals surface area contributed by atoms with Crippen molar-refractivity contribution in [2.45, 2.75) is 25.8 Å². The Morgan fingerprint density at radius 1 is 1.53 bits per heavy atom. The van der Waals surface area contributed by atoms with Crippen LogP contribution in [0.2, 0.25) is 0 Å². The van der Waals surface area contributed by atoms with Crippen LogP contribution in [0.1, 0.15) is 30.3 Å². The smallest absolute Gasteiger partial charge is 0.271 e. The number of aromatic nitrogens is 2. The van der Waals surface area contributed by atoms with E-state index >= 15 is 0 Å². The highest BCUT2D eigenvalue weighted by molar-refractivity contribution is 5.91. The zero-order valence-corrected chi connectivity index (χ0v) is 11.5. The van der Waals surface area contributed by atoms with E-state index in [1.807, 2.05) is 6.07 Å². The molecule has 1 saturated heterocycles. The minimum atomic E-state index is -0.221. The third-order valence-corrected chi connectivity index (χ3v) is 3.65. The van der Waals surface area contributed by atoms with E-state index in [9.17, 15) is 4.79 Å². The van der Waals surface area contributed by atoms with Crippen molar-refractivity contribution in [2.75, 3.05) is 25.0 Å². The number of nitrogens with zero attached hydrogens (tertiary/aromatic N) is 3. The van der Waals surface area contributed by atoms with Crippen LogP contribution in [0, 0.1) is 5.92 Å². The van der Waals surface area contributed by atoms with E-state index in [2.05, 4.69) is 27.3 Å². The molecule has 0 bridgehead atoms. The van der Waals surface area contributed by atoms with E-state index in [4.69, 9.17) is 5.73 Å². The van der Waals surface area contributed by atoms with Gasteiger partial charge in [-0.2, -0.15) is 0 Å². The van der Waals surface area contributed by atoms with Crippen molar-refractivity contribution >= 4 is 11.7 Å². The summed E-state index contributed by atoms with van der Waals surface area (Å²) in [4.78, 5) is 13.6. The monoisotopic (exact) mass is 263 g/mol. The molecule has 2 heterocycles. The molecule has 19 heavy (non-hydrogen) atoms. The SMILES string of the molecule is CNC(=O)c1ccc(N2CCC(C)CC2CN)nn1. The van der Waals surface area contributed by atoms with E-state index in [-0.39, 0.29) is 5.91 Å². The molecule has 104 valence electrons. The number of rotatable bonds is 3. The number of nitrogens with two attached hydrogens (primary N) is 1. The Kier molecular flexibility index (Phi) is 4.31. The molecule has 1 aliphatic heterocycles. The van der Waals surface area contributed by atoms with Crippen molar-refractivity contribution in [3.05, 3.63) is 17.8 Å². The lowest BCUT2D eigenvalue weighted by atomic mass is 9.92. The van der Waals surface area contributed by atoms with Crippen LogP contribution in [-0.2, 0) is 0 Å². The van der Waals surface area contributed by atoms with Gasteiger partial charge in [0.25, 0.3) is 5.91 Å². The number of piperidine rings is 1. The summed E-state index contributed by atoms with van der Waals surface area (Å²) in [6.45, 7) is 3.81. The number of amides is 1. The maximum atomic E-state index is 11.4. The number of hydrogen-bond donors (Lipinski definition) is 2. The summed E-state index contributed by atoms with van der Waals surface area (Å²) >= 11 is 0. The fourth-order valence-electron chi connectivity index (χ4n) is 2.50. The van der Waals surface area contributed by atoms with Crippen LogP contribution in [0.15, 0.2) is 12.1 Å². The highest BCUT2D eigenvalue weighted by Crippen LogP contribution is 2.25. The fourth-order valence-corrected chi connectivity index (χ4v) is 2.50. The number of carbonyl (C=O) groups excluding carboxylic acids is 1. The van der Waals surface area contributed by atoms with Gasteiger partial charge in [0.2, 0.25) is 0 Å². The first kappa shape index (κ1) is 13.7. The first-order valence-corrected chi connectivity index (χ1v) is 6.68. The first-order valence-electron chi connectivity index (χ1n) is 6.68. The van der Waals surface area contributed by atoms with Gasteiger partial charge in [-0.25, -0.2) is 0 Å². The predicted molar refractivity (Wildman–Crippen MR) is 74.0 cm³/mol. The molecule has 0 spiro atoms. The second kappa shape index (κ2) is 5.97. The Hall–Kier alpha value is -1.69. The summed E-state index contributed by atoms with van der Waals surface area (Å²) in [6.07, 6.45) is 2.21. The summed E-state index contributed by atoms with van der Waals surface area (Å²) in [6, 6.07) is 3.85. The molecule has 0 aliphatic carbocycles. The van der Waals surface area contributed by atoms with Crippen LogP contribution in [-0.4, -0.2) is 42.3 Å². The Balaban J connectivity index is 2.14. The van der Waals surface area contributed by atoms with Gasteiger partial charge in [-0.15, -0.1) is 10.2 Å². The second-order valence-corrected chi connectivity index (χ2v) is 5.07. The van der Waals surface area contributed by atoms with Gasteiger partial charge in [0.1, 0.15) is 0 Å². The lowest BCUT2D eigenvalue weighted by molar-refractivity contribution is 0.0957. The molecule has 0 aromatic carbocycles. The Morgan fingerprint density at radius 3 is 2.89 bits per heavy atom. The zero-order valence-electron chi connectivity index (χ0n) is 11.5. The number of anilines is 1. The zero-order chi connectivity index (χ0) is 13.8. The standard InChI is InChI=1S/C13H21N5O/c1-9-5-6-18(10(7-9)8-14)12-4-3-11(16-17-12)13(19)15-2/h3-4,9-10H,5-8,14H2,1-2H3,(H,15,19). The summed E-state index contributed by atoms with van der Waals surface area (Å²) < 4.78 is 0. The third-order valence-electron chi connectivity index (χ3n) is 3.65. The summed E-state index contributed by atoms with van der Waals surface area (Å²) in [5.41, 5.74) is 6.17. The van der Waals surface area contributed by atoms with E-state index in [1.54, 1.807) is 13.1 Å². The quantitative estimate of drug-likeness (QED) is 0.824. The number of carbonyl (C=O) groups is 1. The van der Waals surface area contributed by atoms with Gasteiger partial charge in [0.05, 0.1) is 0 Å². The van der Waals surface area contributed by atoms with Gasteiger partial charge in [-0.1, -0.05) is 6.92 Å². The van der Waals surface area contributed by atoms with Gasteiger partial charge in [0.15, 0.2) is 11.5 Å². The molecule has 1 fully saturated rings. The van der Waals surface area contributed by atoms with Crippen molar-refractivity contribution < 1.29 is 4.79 Å². The molecule has 3 N–H and O–H groups in total. The van der Waals surface area contributed by atoms with Gasteiger partial charge >= 0.3 is 0 Å². The van der Waals surface area contributed by atoms with Gasteiger partial charge in [-0.05, 0) is 30.9 Å². The van der Waals surface area contributed by atoms with E-state index in [0.29, 0.717) is 24.2 Å². The Labute approximate surface area is 113 Å². The molecule has 1 aromatic rings. The first-order chi connectivity index (χ1) is 9.15. The van der Waals surface area contributed by atoms with Crippen molar-refractivity contribution in [3.8, 4) is 0 Å². The third kappa shape index (κ3) is 3.01. The largest absolute Gasteiger partial charge is 0.354 e. The van der Waals surface area contributed by atoms with Crippen LogP contribution in [0.5, 0.6) is 0 Å². The lowest BCUT2D eigenvalue weighted by Gasteiger charge is -2.38. The second-order valence-electron chi connectivity index (χ2n) is 5.07. The summed E-state index contributed by atoms with van der Waals surface area (Å²) in [5.74, 6) is 1.28. The molecular formula is C13H21N5O. The van der Waals surface area contributed by atoms with E-state index in [0.717, 1.165) is 25.2 Å². The Morgan fingerprint density at radius 2 is 2.32 bits per heavy atom. The lowest BCUT2D eigenvalue weighted by Crippen LogP contribution is -2.46. The summed E-state index contributed by atoms with van der Waals surface area (Å²) in [5, 5.41) is 10.7. The summed E-state index contributed by atoms with van der Waals surface area (Å²) in [7, 11) is 1.58. The maximum absolute atomic E-state index is 11.4. The van der Waals surface area contributed by atoms with Crippen molar-refractivity contribution in [2.24, 2.45) is 11.7 Å².